The summed E-state index contributed by atoms with van der Waals surface area (Å²) in [4.78, 5) is 0. The van der Waals surface area contributed by atoms with Crippen LogP contribution in [0.3, 0.4) is 0 Å². The lowest BCUT2D eigenvalue weighted by atomic mass is 9.84. The molecule has 5 unspecified atom stereocenters. The van der Waals surface area contributed by atoms with Gasteiger partial charge in [-0.05, 0) is 43.4 Å². The Morgan fingerprint density at radius 2 is 2.12 bits per heavy atom. The van der Waals surface area contributed by atoms with Crippen molar-refractivity contribution < 1.29 is 14.6 Å². The number of fused-ring (bicyclic) bond motifs is 2. The lowest BCUT2D eigenvalue weighted by molar-refractivity contribution is -0.136. The van der Waals surface area contributed by atoms with E-state index in [4.69, 9.17) is 9.47 Å². The Balaban J connectivity index is 1.50. The van der Waals surface area contributed by atoms with Crippen LogP contribution in [-0.2, 0) is 9.47 Å². The lowest BCUT2D eigenvalue weighted by Gasteiger charge is -2.31. The number of hydrogen-bond donors (Lipinski definition) is 1. The van der Waals surface area contributed by atoms with Crippen molar-refractivity contribution in [2.24, 2.45) is 17.8 Å². The Morgan fingerprint density at radius 1 is 1.19 bits per heavy atom. The van der Waals surface area contributed by atoms with Gasteiger partial charge in [0.15, 0.2) is 0 Å². The molecule has 0 aromatic carbocycles. The number of ether oxygens (including phenoxy) is 2. The molecular formula is C13H22O3. The van der Waals surface area contributed by atoms with E-state index >= 15 is 0 Å². The minimum atomic E-state index is -0.315. The second-order valence-electron chi connectivity index (χ2n) is 5.72. The fourth-order valence-electron chi connectivity index (χ4n) is 3.86. The summed E-state index contributed by atoms with van der Waals surface area (Å²) in [5.41, 5.74) is 0. The molecule has 2 saturated carbocycles. The van der Waals surface area contributed by atoms with Gasteiger partial charge in [0.05, 0.1) is 25.9 Å². The molecule has 3 nitrogen and oxygen atoms in total. The first-order valence-electron chi connectivity index (χ1n) is 6.70. The second-order valence-corrected chi connectivity index (χ2v) is 5.72. The Labute approximate surface area is 97.1 Å². The molecule has 3 aliphatic rings. The number of aliphatic hydroxyl groups is 1. The van der Waals surface area contributed by atoms with Crippen LogP contribution in [0.15, 0.2) is 0 Å². The van der Waals surface area contributed by atoms with Gasteiger partial charge in [-0.1, -0.05) is 6.42 Å². The van der Waals surface area contributed by atoms with Gasteiger partial charge in [-0.3, -0.25) is 0 Å². The highest BCUT2D eigenvalue weighted by Crippen LogP contribution is 2.50. The maximum Gasteiger partial charge on any atom is 0.107 e. The van der Waals surface area contributed by atoms with Crippen LogP contribution in [0, 0.1) is 17.8 Å². The molecule has 1 saturated heterocycles. The average Bonchev–Trinajstić information content (AvgIpc) is 2.92. The van der Waals surface area contributed by atoms with E-state index in [1.807, 2.05) is 0 Å². The Morgan fingerprint density at radius 3 is 2.75 bits per heavy atom. The number of rotatable bonds is 3. The quantitative estimate of drug-likeness (QED) is 0.794. The maximum absolute atomic E-state index is 10.2. The smallest absolute Gasteiger partial charge is 0.107 e. The molecule has 1 N–H and O–H groups in total. The molecule has 3 fully saturated rings. The van der Waals surface area contributed by atoms with Crippen molar-refractivity contribution in [2.45, 2.75) is 44.3 Å². The lowest BCUT2D eigenvalue weighted by Crippen LogP contribution is -2.39. The molecule has 0 aromatic rings. The average molecular weight is 226 g/mol. The van der Waals surface area contributed by atoms with Gasteiger partial charge in [0.2, 0.25) is 0 Å². The van der Waals surface area contributed by atoms with Crippen molar-refractivity contribution in [2.75, 3.05) is 19.8 Å². The van der Waals surface area contributed by atoms with Gasteiger partial charge >= 0.3 is 0 Å². The van der Waals surface area contributed by atoms with Gasteiger partial charge in [0, 0.05) is 0 Å². The zero-order valence-corrected chi connectivity index (χ0v) is 9.81. The summed E-state index contributed by atoms with van der Waals surface area (Å²) in [6, 6.07) is 0. The van der Waals surface area contributed by atoms with Crippen LogP contribution in [0.2, 0.25) is 0 Å². The van der Waals surface area contributed by atoms with Crippen molar-refractivity contribution in [1.82, 2.24) is 0 Å². The molecule has 5 atom stereocenters. The molecule has 3 heteroatoms. The van der Waals surface area contributed by atoms with Crippen molar-refractivity contribution in [3.8, 4) is 0 Å². The second kappa shape index (κ2) is 4.63. The third-order valence-corrected chi connectivity index (χ3v) is 4.70. The minimum absolute atomic E-state index is 0.0760. The first-order valence-corrected chi connectivity index (χ1v) is 6.70. The monoisotopic (exact) mass is 226 g/mol. The summed E-state index contributed by atoms with van der Waals surface area (Å²) < 4.78 is 10.9. The van der Waals surface area contributed by atoms with Gasteiger partial charge in [-0.25, -0.2) is 0 Å². The molecule has 2 aliphatic carbocycles. The highest BCUT2D eigenvalue weighted by atomic mass is 16.6. The SMILES string of the molecule is OC(CC1CC2CCC1C2)C1COCCO1. The highest BCUT2D eigenvalue weighted by molar-refractivity contribution is 4.91. The van der Waals surface area contributed by atoms with Gasteiger partial charge in [0.25, 0.3) is 0 Å². The zero-order chi connectivity index (χ0) is 11.0. The van der Waals surface area contributed by atoms with Crippen LogP contribution in [-0.4, -0.2) is 37.1 Å². The summed E-state index contributed by atoms with van der Waals surface area (Å²) in [5.74, 6) is 2.61. The van der Waals surface area contributed by atoms with Crippen molar-refractivity contribution in [1.29, 1.82) is 0 Å². The van der Waals surface area contributed by atoms with Crippen LogP contribution < -0.4 is 0 Å². The van der Waals surface area contributed by atoms with Gasteiger partial charge < -0.3 is 14.6 Å². The number of aliphatic hydroxyl groups excluding tert-OH is 1. The molecule has 92 valence electrons. The molecular weight excluding hydrogens is 204 g/mol. The maximum atomic E-state index is 10.2. The van der Waals surface area contributed by atoms with Gasteiger partial charge in [0.1, 0.15) is 6.10 Å². The van der Waals surface area contributed by atoms with Crippen LogP contribution in [0.5, 0.6) is 0 Å². The molecule has 0 amide bonds. The van der Waals surface area contributed by atoms with E-state index in [-0.39, 0.29) is 12.2 Å². The summed E-state index contributed by atoms with van der Waals surface area (Å²) >= 11 is 0. The predicted molar refractivity (Wildman–Crippen MR) is 60.1 cm³/mol. The van der Waals surface area contributed by atoms with Crippen LogP contribution in [0.4, 0.5) is 0 Å². The topological polar surface area (TPSA) is 38.7 Å². The fourth-order valence-corrected chi connectivity index (χ4v) is 3.86. The van der Waals surface area contributed by atoms with E-state index in [0.29, 0.717) is 19.8 Å². The minimum Gasteiger partial charge on any atom is -0.390 e. The van der Waals surface area contributed by atoms with Crippen molar-refractivity contribution in [3.05, 3.63) is 0 Å². The van der Waals surface area contributed by atoms with Crippen LogP contribution >= 0.6 is 0 Å². The number of hydrogen-bond acceptors (Lipinski definition) is 3. The van der Waals surface area contributed by atoms with Crippen molar-refractivity contribution >= 4 is 0 Å². The molecule has 16 heavy (non-hydrogen) atoms. The van der Waals surface area contributed by atoms with Gasteiger partial charge in [-0.2, -0.15) is 0 Å². The molecule has 1 heterocycles. The summed E-state index contributed by atoms with van der Waals surface area (Å²) in [7, 11) is 0. The Hall–Kier alpha value is -0.120. The van der Waals surface area contributed by atoms with E-state index in [1.165, 1.54) is 25.7 Å². The van der Waals surface area contributed by atoms with Crippen molar-refractivity contribution in [3.63, 3.8) is 0 Å². The summed E-state index contributed by atoms with van der Waals surface area (Å²) in [6.45, 7) is 1.89. The third kappa shape index (κ3) is 2.13. The summed E-state index contributed by atoms with van der Waals surface area (Å²) in [6.07, 6.45) is 6.12. The Bertz CT molecular complexity index is 237. The fraction of sp³-hybridized carbons (Fsp3) is 1.00. The zero-order valence-electron chi connectivity index (χ0n) is 9.81. The predicted octanol–water partition coefficient (Wildman–Crippen LogP) is 1.59. The third-order valence-electron chi connectivity index (χ3n) is 4.70. The van der Waals surface area contributed by atoms with E-state index < -0.39 is 0 Å². The standard InChI is InChI=1S/C13H22O3/c14-12(13-8-15-3-4-16-13)7-11-6-9-1-2-10(11)5-9/h9-14H,1-8H2. The van der Waals surface area contributed by atoms with E-state index in [0.717, 1.165) is 24.2 Å². The van der Waals surface area contributed by atoms with Crippen LogP contribution in [0.1, 0.15) is 32.1 Å². The highest BCUT2D eigenvalue weighted by Gasteiger charge is 2.41. The van der Waals surface area contributed by atoms with Gasteiger partial charge in [-0.15, -0.1) is 0 Å². The van der Waals surface area contributed by atoms with Crippen LogP contribution in [0.25, 0.3) is 0 Å². The molecule has 0 spiro atoms. The van der Waals surface area contributed by atoms with E-state index in [9.17, 15) is 5.11 Å². The molecule has 0 aromatic heterocycles. The van der Waals surface area contributed by atoms with E-state index in [1.54, 1.807) is 0 Å². The first-order chi connectivity index (χ1) is 7.83. The molecule has 2 bridgehead atoms. The molecule has 0 radical (unpaired) electrons. The Kier molecular flexibility index (Phi) is 3.18. The normalized spacial score (nSPS) is 44.8. The molecule has 3 rings (SSSR count). The summed E-state index contributed by atoms with van der Waals surface area (Å²) in [5, 5.41) is 10.2. The van der Waals surface area contributed by atoms with E-state index in [2.05, 4.69) is 0 Å². The first kappa shape index (κ1) is 11.0. The molecule has 1 aliphatic heterocycles. The largest absolute Gasteiger partial charge is 0.390 e.